The number of aromatic nitrogens is 2. The van der Waals surface area contributed by atoms with Gasteiger partial charge in [-0.3, -0.25) is 0 Å². The first-order valence-electron chi connectivity index (χ1n) is 6.65. The van der Waals surface area contributed by atoms with Crippen LogP contribution in [0.1, 0.15) is 31.2 Å². The van der Waals surface area contributed by atoms with Crippen LogP contribution in [-0.4, -0.2) is 47.6 Å². The maximum atomic E-state index is 5.69. The highest BCUT2D eigenvalue weighted by molar-refractivity contribution is 5.26. The van der Waals surface area contributed by atoms with E-state index < -0.39 is 0 Å². The molecule has 2 rings (SSSR count). The van der Waals surface area contributed by atoms with Gasteiger partial charge in [0.1, 0.15) is 0 Å². The van der Waals surface area contributed by atoms with Crippen molar-refractivity contribution in [2.24, 2.45) is 5.73 Å². The van der Waals surface area contributed by atoms with Crippen molar-refractivity contribution in [3.63, 3.8) is 0 Å². The zero-order valence-corrected chi connectivity index (χ0v) is 11.3. The Morgan fingerprint density at radius 2 is 2.22 bits per heavy atom. The van der Waals surface area contributed by atoms with E-state index in [-0.39, 0.29) is 6.04 Å². The van der Waals surface area contributed by atoms with Crippen molar-refractivity contribution in [3.05, 3.63) is 18.0 Å². The van der Waals surface area contributed by atoms with Crippen LogP contribution in [0.15, 0.2) is 12.4 Å². The number of nitrogens with zero attached hydrogens (tertiary/aromatic N) is 3. The van der Waals surface area contributed by atoms with E-state index in [1.54, 1.807) is 0 Å². The average molecular weight is 249 g/mol. The van der Waals surface area contributed by atoms with Crippen LogP contribution >= 0.6 is 0 Å². The molecule has 3 N–H and O–H groups in total. The molecule has 1 aromatic heterocycles. The third-order valence-electron chi connectivity index (χ3n) is 3.42. The molecule has 2 unspecified atom stereocenters. The number of nitrogens with one attached hydrogen (secondary N) is 1. The summed E-state index contributed by atoms with van der Waals surface area (Å²) in [6, 6.07) is 0.214. The van der Waals surface area contributed by atoms with Crippen LogP contribution in [0, 0.1) is 0 Å². The van der Waals surface area contributed by atoms with E-state index >= 15 is 0 Å². The Bertz CT molecular complexity index is 362. The molecule has 1 aliphatic rings. The molecule has 100 valence electrons. The summed E-state index contributed by atoms with van der Waals surface area (Å²) in [4.78, 5) is 11.1. The second-order valence-electron chi connectivity index (χ2n) is 5.28. The van der Waals surface area contributed by atoms with Crippen molar-refractivity contribution in [1.82, 2.24) is 14.9 Å². The van der Waals surface area contributed by atoms with E-state index in [2.05, 4.69) is 27.2 Å². The van der Waals surface area contributed by atoms with Crippen LogP contribution in [0.3, 0.4) is 0 Å². The minimum absolute atomic E-state index is 0.214. The lowest BCUT2D eigenvalue weighted by molar-refractivity contribution is 0.411. The van der Waals surface area contributed by atoms with Crippen molar-refractivity contribution in [2.75, 3.05) is 32.0 Å². The lowest BCUT2D eigenvalue weighted by Crippen LogP contribution is -2.19. The average Bonchev–Trinajstić information content (AvgIpc) is 2.76. The van der Waals surface area contributed by atoms with Gasteiger partial charge in [-0.1, -0.05) is 0 Å². The monoisotopic (exact) mass is 249 g/mol. The Kier molecular flexibility index (Phi) is 4.49. The number of hydrogen-bond donors (Lipinski definition) is 2. The normalized spacial score (nSPS) is 22.1. The molecule has 0 aromatic carbocycles. The summed E-state index contributed by atoms with van der Waals surface area (Å²) in [6.07, 6.45) is 6.03. The zero-order chi connectivity index (χ0) is 13.0. The van der Waals surface area contributed by atoms with Crippen molar-refractivity contribution in [3.8, 4) is 0 Å². The molecule has 2 heterocycles. The molecule has 5 heteroatoms. The van der Waals surface area contributed by atoms with E-state index in [1.165, 1.54) is 18.5 Å². The standard InChI is InChI=1S/C13H23N5/c1-10(14)3-5-15-13-16-7-12(8-17-13)11-4-6-18(2)9-11/h7-8,10-11H,3-6,9,14H2,1-2H3,(H,15,16,17). The van der Waals surface area contributed by atoms with Gasteiger partial charge in [-0.05, 0) is 38.9 Å². The predicted molar refractivity (Wildman–Crippen MR) is 73.6 cm³/mol. The van der Waals surface area contributed by atoms with E-state index in [0.717, 1.165) is 19.5 Å². The molecule has 18 heavy (non-hydrogen) atoms. The van der Waals surface area contributed by atoms with E-state index in [1.807, 2.05) is 19.3 Å². The molecule has 0 amide bonds. The summed E-state index contributed by atoms with van der Waals surface area (Å²) in [5.74, 6) is 1.29. The maximum absolute atomic E-state index is 5.69. The minimum atomic E-state index is 0.214. The van der Waals surface area contributed by atoms with Gasteiger partial charge in [-0.25, -0.2) is 9.97 Å². The number of likely N-dealkylation sites (tertiary alicyclic amines) is 1. The lowest BCUT2D eigenvalue weighted by Gasteiger charge is -2.11. The highest BCUT2D eigenvalue weighted by atomic mass is 15.1. The number of hydrogen-bond acceptors (Lipinski definition) is 5. The summed E-state index contributed by atoms with van der Waals surface area (Å²) in [5, 5.41) is 3.19. The number of nitrogens with two attached hydrogens (primary N) is 1. The van der Waals surface area contributed by atoms with Crippen molar-refractivity contribution >= 4 is 5.95 Å². The third kappa shape index (κ3) is 3.65. The molecule has 5 nitrogen and oxygen atoms in total. The number of likely N-dealkylation sites (N-methyl/N-ethyl adjacent to an activating group) is 1. The first-order valence-corrected chi connectivity index (χ1v) is 6.65. The second kappa shape index (κ2) is 6.11. The Morgan fingerprint density at radius 3 is 2.78 bits per heavy atom. The van der Waals surface area contributed by atoms with Crippen molar-refractivity contribution < 1.29 is 0 Å². The first kappa shape index (κ1) is 13.2. The van der Waals surface area contributed by atoms with Crippen LogP contribution in [-0.2, 0) is 0 Å². The molecule has 1 saturated heterocycles. The van der Waals surface area contributed by atoms with Crippen molar-refractivity contribution in [1.29, 1.82) is 0 Å². The zero-order valence-electron chi connectivity index (χ0n) is 11.3. The largest absolute Gasteiger partial charge is 0.354 e. The molecular formula is C13H23N5. The molecule has 1 fully saturated rings. The Labute approximate surface area is 109 Å². The van der Waals surface area contributed by atoms with Crippen LogP contribution in [0.4, 0.5) is 5.95 Å². The number of anilines is 1. The van der Waals surface area contributed by atoms with Crippen LogP contribution in [0.5, 0.6) is 0 Å². The topological polar surface area (TPSA) is 67.1 Å². The SMILES string of the molecule is CC(N)CCNc1ncc(C2CCN(C)C2)cn1. The third-order valence-corrected chi connectivity index (χ3v) is 3.42. The van der Waals surface area contributed by atoms with E-state index in [0.29, 0.717) is 11.9 Å². The molecule has 0 spiro atoms. The van der Waals surface area contributed by atoms with Gasteiger partial charge in [0.15, 0.2) is 0 Å². The van der Waals surface area contributed by atoms with Crippen LogP contribution in [0.2, 0.25) is 0 Å². The summed E-state index contributed by atoms with van der Waals surface area (Å²) < 4.78 is 0. The Hall–Kier alpha value is -1.20. The van der Waals surface area contributed by atoms with Crippen molar-refractivity contribution in [2.45, 2.75) is 31.7 Å². The fourth-order valence-corrected chi connectivity index (χ4v) is 2.26. The molecule has 2 atom stereocenters. The lowest BCUT2D eigenvalue weighted by atomic mass is 10.0. The molecule has 0 aliphatic carbocycles. The Balaban J connectivity index is 1.85. The first-order chi connectivity index (χ1) is 8.65. The molecule has 0 radical (unpaired) electrons. The Morgan fingerprint density at radius 1 is 1.50 bits per heavy atom. The molecular weight excluding hydrogens is 226 g/mol. The highest BCUT2D eigenvalue weighted by Gasteiger charge is 2.21. The fraction of sp³-hybridized carbons (Fsp3) is 0.692. The summed E-state index contributed by atoms with van der Waals surface area (Å²) in [5.41, 5.74) is 6.94. The minimum Gasteiger partial charge on any atom is -0.354 e. The molecule has 1 aliphatic heterocycles. The van der Waals surface area contributed by atoms with Gasteiger partial charge in [0.2, 0.25) is 5.95 Å². The van der Waals surface area contributed by atoms with Gasteiger partial charge in [0, 0.05) is 37.4 Å². The summed E-state index contributed by atoms with van der Waals surface area (Å²) in [6.45, 7) is 5.10. The van der Waals surface area contributed by atoms with E-state index in [9.17, 15) is 0 Å². The van der Waals surface area contributed by atoms with Gasteiger partial charge in [0.25, 0.3) is 0 Å². The summed E-state index contributed by atoms with van der Waals surface area (Å²) >= 11 is 0. The molecule has 0 bridgehead atoms. The predicted octanol–water partition coefficient (Wildman–Crippen LogP) is 1.04. The van der Waals surface area contributed by atoms with Gasteiger partial charge in [-0.2, -0.15) is 0 Å². The summed E-state index contributed by atoms with van der Waals surface area (Å²) in [7, 11) is 2.16. The smallest absolute Gasteiger partial charge is 0.222 e. The fourth-order valence-electron chi connectivity index (χ4n) is 2.26. The second-order valence-corrected chi connectivity index (χ2v) is 5.28. The van der Waals surface area contributed by atoms with Gasteiger partial charge < -0.3 is 16.0 Å². The van der Waals surface area contributed by atoms with Crippen LogP contribution < -0.4 is 11.1 Å². The number of rotatable bonds is 5. The quantitative estimate of drug-likeness (QED) is 0.816. The van der Waals surface area contributed by atoms with Gasteiger partial charge in [0.05, 0.1) is 0 Å². The van der Waals surface area contributed by atoms with Crippen LogP contribution in [0.25, 0.3) is 0 Å². The van der Waals surface area contributed by atoms with Gasteiger partial charge >= 0.3 is 0 Å². The molecule has 0 saturated carbocycles. The highest BCUT2D eigenvalue weighted by Crippen LogP contribution is 2.25. The van der Waals surface area contributed by atoms with E-state index in [4.69, 9.17) is 5.73 Å². The molecule has 1 aromatic rings. The van der Waals surface area contributed by atoms with Gasteiger partial charge in [-0.15, -0.1) is 0 Å². The maximum Gasteiger partial charge on any atom is 0.222 e.